The van der Waals surface area contributed by atoms with Crippen LogP contribution in [0, 0.1) is 6.92 Å². The highest BCUT2D eigenvalue weighted by molar-refractivity contribution is 5.01. The molecule has 0 bridgehead atoms. The van der Waals surface area contributed by atoms with Gasteiger partial charge in [0.2, 0.25) is 0 Å². The first-order valence-corrected chi connectivity index (χ1v) is 5.37. The number of aryl methyl sites for hydroxylation is 1. The van der Waals surface area contributed by atoms with Crippen LogP contribution in [-0.4, -0.2) is 14.8 Å². The topological polar surface area (TPSA) is 56.7 Å². The highest BCUT2D eigenvalue weighted by Crippen LogP contribution is 2.31. The highest BCUT2D eigenvalue weighted by Gasteiger charge is 2.23. The largest absolute Gasteiger partial charge is 0.322 e. The predicted octanol–water partition coefficient (Wildman–Crippen LogP) is 1.72. The van der Waals surface area contributed by atoms with Crippen LogP contribution < -0.4 is 5.73 Å². The summed E-state index contributed by atoms with van der Waals surface area (Å²) >= 11 is 0. The number of nitrogens with two attached hydrogens (primary N) is 1. The summed E-state index contributed by atoms with van der Waals surface area (Å²) in [5.74, 6) is 1.94. The number of aromatic nitrogens is 3. The molecule has 1 heterocycles. The molecule has 1 aromatic rings. The number of nitrogens with zero attached hydrogens (tertiary/aromatic N) is 3. The van der Waals surface area contributed by atoms with Crippen LogP contribution in [0.25, 0.3) is 0 Å². The smallest absolute Gasteiger partial charge is 0.149 e. The zero-order valence-electron chi connectivity index (χ0n) is 8.90. The first-order chi connectivity index (χ1) is 6.70. The van der Waals surface area contributed by atoms with Gasteiger partial charge in [-0.2, -0.15) is 0 Å². The first kappa shape index (κ1) is 9.65. The van der Waals surface area contributed by atoms with Crippen LogP contribution in [0.4, 0.5) is 0 Å². The van der Waals surface area contributed by atoms with E-state index in [1.54, 1.807) is 0 Å². The van der Waals surface area contributed by atoms with Gasteiger partial charge in [-0.1, -0.05) is 12.8 Å². The van der Waals surface area contributed by atoms with Crippen LogP contribution in [0.15, 0.2) is 0 Å². The number of hydrogen-bond acceptors (Lipinski definition) is 3. The van der Waals surface area contributed by atoms with Gasteiger partial charge in [-0.05, 0) is 26.7 Å². The van der Waals surface area contributed by atoms with Crippen LogP contribution in [-0.2, 0) is 0 Å². The molecule has 0 aliphatic heterocycles. The third-order valence-electron chi connectivity index (χ3n) is 2.99. The number of hydrogen-bond donors (Lipinski definition) is 1. The van der Waals surface area contributed by atoms with E-state index in [1.165, 1.54) is 25.7 Å². The van der Waals surface area contributed by atoms with E-state index in [2.05, 4.69) is 14.8 Å². The van der Waals surface area contributed by atoms with Crippen LogP contribution in [0.2, 0.25) is 0 Å². The average molecular weight is 194 g/mol. The van der Waals surface area contributed by atoms with Crippen LogP contribution in [0.1, 0.15) is 56.3 Å². The first-order valence-electron chi connectivity index (χ1n) is 5.37. The van der Waals surface area contributed by atoms with Crippen molar-refractivity contribution in [3.8, 4) is 0 Å². The van der Waals surface area contributed by atoms with Crippen LogP contribution in [0.3, 0.4) is 0 Å². The third kappa shape index (κ3) is 1.54. The second kappa shape index (κ2) is 3.69. The Kier molecular flexibility index (Phi) is 2.54. The molecule has 1 unspecified atom stereocenters. The molecule has 1 aliphatic carbocycles. The molecule has 1 fully saturated rings. The summed E-state index contributed by atoms with van der Waals surface area (Å²) in [5.41, 5.74) is 5.87. The second-order valence-corrected chi connectivity index (χ2v) is 4.20. The maximum atomic E-state index is 5.87. The van der Waals surface area contributed by atoms with Gasteiger partial charge in [0, 0.05) is 6.04 Å². The summed E-state index contributed by atoms with van der Waals surface area (Å²) in [6.45, 7) is 3.98. The zero-order chi connectivity index (χ0) is 10.1. The van der Waals surface area contributed by atoms with Crippen molar-refractivity contribution >= 4 is 0 Å². The van der Waals surface area contributed by atoms with E-state index in [9.17, 15) is 0 Å². The van der Waals surface area contributed by atoms with Crippen molar-refractivity contribution in [3.05, 3.63) is 11.6 Å². The Hall–Kier alpha value is -0.900. The van der Waals surface area contributed by atoms with Gasteiger partial charge in [0.15, 0.2) is 0 Å². The van der Waals surface area contributed by atoms with Gasteiger partial charge in [0.05, 0.1) is 6.04 Å². The molecule has 14 heavy (non-hydrogen) atoms. The predicted molar refractivity (Wildman–Crippen MR) is 54.9 cm³/mol. The zero-order valence-corrected chi connectivity index (χ0v) is 8.90. The molecule has 0 amide bonds. The normalized spacial score (nSPS) is 20.2. The molecule has 1 aliphatic rings. The molecule has 4 heteroatoms. The molecule has 0 spiro atoms. The molecule has 2 N–H and O–H groups in total. The average Bonchev–Trinajstić information content (AvgIpc) is 2.71. The minimum atomic E-state index is -0.0169. The van der Waals surface area contributed by atoms with E-state index in [0.29, 0.717) is 6.04 Å². The van der Waals surface area contributed by atoms with Gasteiger partial charge in [-0.3, -0.25) is 0 Å². The van der Waals surface area contributed by atoms with Gasteiger partial charge in [0.1, 0.15) is 11.6 Å². The molecule has 1 saturated carbocycles. The maximum Gasteiger partial charge on any atom is 0.149 e. The Bertz CT molecular complexity index is 310. The minimum absolute atomic E-state index is 0.0169. The van der Waals surface area contributed by atoms with E-state index in [-0.39, 0.29) is 6.04 Å². The van der Waals surface area contributed by atoms with Gasteiger partial charge in [0.25, 0.3) is 0 Å². The van der Waals surface area contributed by atoms with Crippen molar-refractivity contribution in [1.29, 1.82) is 0 Å². The third-order valence-corrected chi connectivity index (χ3v) is 2.99. The Labute approximate surface area is 84.5 Å². The fraction of sp³-hybridized carbons (Fsp3) is 0.800. The Morgan fingerprint density at radius 1 is 1.36 bits per heavy atom. The van der Waals surface area contributed by atoms with E-state index >= 15 is 0 Å². The lowest BCUT2D eigenvalue weighted by Crippen LogP contribution is -2.17. The lowest BCUT2D eigenvalue weighted by Gasteiger charge is -2.17. The molecule has 4 nitrogen and oxygen atoms in total. The Balaban J connectivity index is 2.33. The molecule has 0 saturated heterocycles. The van der Waals surface area contributed by atoms with Crippen molar-refractivity contribution in [2.24, 2.45) is 5.73 Å². The maximum absolute atomic E-state index is 5.87. The molecule has 78 valence electrons. The highest BCUT2D eigenvalue weighted by atomic mass is 15.3. The molecular weight excluding hydrogens is 176 g/mol. The molecule has 0 radical (unpaired) electrons. The summed E-state index contributed by atoms with van der Waals surface area (Å²) in [6, 6.07) is 0.572. The minimum Gasteiger partial charge on any atom is -0.322 e. The van der Waals surface area contributed by atoms with Crippen molar-refractivity contribution in [3.63, 3.8) is 0 Å². The van der Waals surface area contributed by atoms with Crippen molar-refractivity contribution < 1.29 is 0 Å². The number of rotatable bonds is 2. The standard InChI is InChI=1S/C10H18N4/c1-7(11)10-13-12-8(2)14(10)9-5-3-4-6-9/h7,9H,3-6,11H2,1-2H3. The summed E-state index contributed by atoms with van der Waals surface area (Å²) in [5, 5.41) is 8.26. The lowest BCUT2D eigenvalue weighted by molar-refractivity contribution is 0.473. The van der Waals surface area contributed by atoms with E-state index < -0.39 is 0 Å². The van der Waals surface area contributed by atoms with E-state index in [4.69, 9.17) is 5.73 Å². The molecule has 2 rings (SSSR count). The lowest BCUT2D eigenvalue weighted by atomic mass is 10.2. The molecule has 1 aromatic heterocycles. The van der Waals surface area contributed by atoms with Gasteiger partial charge in [-0.25, -0.2) is 0 Å². The molecule has 1 atom stereocenters. The van der Waals surface area contributed by atoms with Gasteiger partial charge >= 0.3 is 0 Å². The van der Waals surface area contributed by atoms with Crippen molar-refractivity contribution in [2.45, 2.75) is 51.6 Å². The summed E-state index contributed by atoms with van der Waals surface area (Å²) < 4.78 is 2.23. The fourth-order valence-corrected chi connectivity index (χ4v) is 2.31. The van der Waals surface area contributed by atoms with E-state index in [0.717, 1.165) is 11.6 Å². The van der Waals surface area contributed by atoms with Crippen LogP contribution in [0.5, 0.6) is 0 Å². The van der Waals surface area contributed by atoms with Gasteiger partial charge < -0.3 is 10.3 Å². The van der Waals surface area contributed by atoms with Crippen molar-refractivity contribution in [2.75, 3.05) is 0 Å². The fourth-order valence-electron chi connectivity index (χ4n) is 2.31. The molecule has 0 aromatic carbocycles. The summed E-state index contributed by atoms with van der Waals surface area (Å²) in [6.07, 6.45) is 5.14. The van der Waals surface area contributed by atoms with E-state index in [1.807, 2.05) is 13.8 Å². The summed E-state index contributed by atoms with van der Waals surface area (Å²) in [7, 11) is 0. The molecular formula is C10H18N4. The quantitative estimate of drug-likeness (QED) is 0.780. The summed E-state index contributed by atoms with van der Waals surface area (Å²) in [4.78, 5) is 0. The Morgan fingerprint density at radius 2 is 2.00 bits per heavy atom. The second-order valence-electron chi connectivity index (χ2n) is 4.20. The van der Waals surface area contributed by atoms with Gasteiger partial charge in [-0.15, -0.1) is 10.2 Å². The van der Waals surface area contributed by atoms with Crippen molar-refractivity contribution in [1.82, 2.24) is 14.8 Å². The van der Waals surface area contributed by atoms with Crippen LogP contribution >= 0.6 is 0 Å². The SMILES string of the molecule is Cc1nnc(C(C)N)n1C1CCCC1. The Morgan fingerprint density at radius 3 is 2.57 bits per heavy atom. The monoisotopic (exact) mass is 194 g/mol.